The minimum Gasteiger partial charge on any atom is -0.465 e. The fraction of sp³-hybridized carbons (Fsp3) is 0.500. The smallest absolute Gasteiger partial charge is 0.305 e. The van der Waals surface area contributed by atoms with Crippen molar-refractivity contribution >= 4 is 11.9 Å². The lowest BCUT2D eigenvalue weighted by atomic mass is 10.1. The van der Waals surface area contributed by atoms with Gasteiger partial charge in [-0.3, -0.25) is 9.59 Å². The molecule has 0 saturated heterocycles. The van der Waals surface area contributed by atoms with Crippen molar-refractivity contribution in [2.75, 3.05) is 33.9 Å². The van der Waals surface area contributed by atoms with Crippen LogP contribution in [0.15, 0.2) is 24.3 Å². The van der Waals surface area contributed by atoms with Gasteiger partial charge in [0.15, 0.2) is 0 Å². The molecule has 1 amide bonds. The van der Waals surface area contributed by atoms with Crippen LogP contribution in [0, 0.1) is 0 Å². The van der Waals surface area contributed by atoms with Crippen molar-refractivity contribution in [2.24, 2.45) is 0 Å². The summed E-state index contributed by atoms with van der Waals surface area (Å²) >= 11 is 0. The first kappa shape index (κ1) is 17.2. The number of rotatable bonds is 8. The normalized spacial score (nSPS) is 10.2. The number of carbonyl (C=O) groups excluding carboxylic acids is 2. The molecule has 0 unspecified atom stereocenters. The van der Waals surface area contributed by atoms with E-state index in [-0.39, 0.29) is 11.9 Å². The molecule has 0 aromatic heterocycles. The van der Waals surface area contributed by atoms with E-state index in [2.05, 4.69) is 0 Å². The van der Waals surface area contributed by atoms with Crippen LogP contribution in [0.3, 0.4) is 0 Å². The van der Waals surface area contributed by atoms with Crippen LogP contribution in [0.1, 0.15) is 29.3 Å². The Bertz CT molecular complexity index is 473. The number of hydrogen-bond acceptors (Lipinski definition) is 4. The van der Waals surface area contributed by atoms with Gasteiger partial charge in [-0.25, -0.2) is 0 Å². The van der Waals surface area contributed by atoms with E-state index in [0.29, 0.717) is 38.2 Å². The van der Waals surface area contributed by atoms with Crippen molar-refractivity contribution in [1.29, 1.82) is 0 Å². The van der Waals surface area contributed by atoms with Crippen LogP contribution >= 0.6 is 0 Å². The summed E-state index contributed by atoms with van der Waals surface area (Å²) in [6.45, 7) is 3.16. The van der Waals surface area contributed by atoms with Crippen molar-refractivity contribution in [3.05, 3.63) is 35.4 Å². The van der Waals surface area contributed by atoms with Crippen molar-refractivity contribution < 1.29 is 19.1 Å². The zero-order chi connectivity index (χ0) is 15.7. The van der Waals surface area contributed by atoms with Gasteiger partial charge < -0.3 is 14.4 Å². The van der Waals surface area contributed by atoms with Crippen LogP contribution in [0.5, 0.6) is 0 Å². The summed E-state index contributed by atoms with van der Waals surface area (Å²) in [5.74, 6) is -0.249. The molecule has 0 N–H and O–H groups in total. The van der Waals surface area contributed by atoms with Gasteiger partial charge in [0.1, 0.15) is 0 Å². The van der Waals surface area contributed by atoms with Gasteiger partial charge in [0.2, 0.25) is 0 Å². The van der Waals surface area contributed by atoms with Crippen molar-refractivity contribution in [1.82, 2.24) is 4.90 Å². The predicted octanol–water partition coefficient (Wildman–Crippen LogP) is 1.90. The number of hydrogen-bond donors (Lipinski definition) is 0. The van der Waals surface area contributed by atoms with Gasteiger partial charge in [0.05, 0.1) is 13.2 Å². The predicted molar refractivity (Wildman–Crippen MR) is 80.2 cm³/mol. The zero-order valence-corrected chi connectivity index (χ0v) is 12.9. The van der Waals surface area contributed by atoms with Crippen LogP contribution in [-0.2, 0) is 20.7 Å². The fourth-order valence-electron chi connectivity index (χ4n) is 1.79. The number of amides is 1. The second-order valence-corrected chi connectivity index (χ2v) is 4.74. The first-order valence-corrected chi connectivity index (χ1v) is 7.07. The van der Waals surface area contributed by atoms with E-state index < -0.39 is 0 Å². The number of carbonyl (C=O) groups is 2. The minimum absolute atomic E-state index is 0.0422. The summed E-state index contributed by atoms with van der Waals surface area (Å²) < 4.78 is 10.0. The Kier molecular flexibility index (Phi) is 7.46. The average molecular weight is 293 g/mol. The third-order valence-electron chi connectivity index (χ3n) is 3.09. The number of ether oxygens (including phenoxy) is 2. The molecule has 116 valence electrons. The monoisotopic (exact) mass is 293 g/mol. The van der Waals surface area contributed by atoms with E-state index >= 15 is 0 Å². The number of esters is 1. The maximum absolute atomic E-state index is 12.2. The molecule has 1 aromatic carbocycles. The van der Waals surface area contributed by atoms with E-state index in [9.17, 15) is 9.59 Å². The topological polar surface area (TPSA) is 55.8 Å². The highest BCUT2D eigenvalue weighted by molar-refractivity contribution is 5.94. The van der Waals surface area contributed by atoms with Gasteiger partial charge >= 0.3 is 5.97 Å². The molecule has 5 nitrogen and oxygen atoms in total. The fourth-order valence-corrected chi connectivity index (χ4v) is 1.79. The second kappa shape index (κ2) is 9.13. The number of nitrogens with zero attached hydrogens (tertiary/aromatic N) is 1. The van der Waals surface area contributed by atoms with E-state index in [1.54, 1.807) is 32.0 Å². The molecular formula is C16H23NO4. The quantitative estimate of drug-likeness (QED) is 0.687. The Morgan fingerprint density at radius 2 is 2.00 bits per heavy atom. The van der Waals surface area contributed by atoms with Gasteiger partial charge in [-0.2, -0.15) is 0 Å². The molecule has 21 heavy (non-hydrogen) atoms. The van der Waals surface area contributed by atoms with Crippen molar-refractivity contribution in [3.63, 3.8) is 0 Å². The molecule has 0 aliphatic heterocycles. The number of likely N-dealkylation sites (N-methyl/N-ethyl adjacent to an activating group) is 1. The average Bonchev–Trinajstić information content (AvgIpc) is 2.51. The van der Waals surface area contributed by atoms with Crippen LogP contribution in [-0.4, -0.2) is 50.7 Å². The van der Waals surface area contributed by atoms with Gasteiger partial charge in [0.25, 0.3) is 5.91 Å². The molecule has 1 aromatic rings. The molecular weight excluding hydrogens is 270 g/mol. The molecule has 0 aliphatic carbocycles. The zero-order valence-electron chi connectivity index (χ0n) is 12.9. The Labute approximate surface area is 125 Å². The van der Waals surface area contributed by atoms with Gasteiger partial charge in [-0.15, -0.1) is 0 Å². The minimum atomic E-state index is -0.207. The highest BCUT2D eigenvalue weighted by Crippen LogP contribution is 2.09. The molecule has 0 radical (unpaired) electrons. The summed E-state index contributed by atoms with van der Waals surface area (Å²) in [5, 5.41) is 0. The molecule has 0 heterocycles. The Morgan fingerprint density at radius 3 is 2.67 bits per heavy atom. The summed E-state index contributed by atoms with van der Waals surface area (Å²) in [5.41, 5.74) is 1.61. The molecule has 0 atom stereocenters. The summed E-state index contributed by atoms with van der Waals surface area (Å²) in [7, 11) is 3.35. The third kappa shape index (κ3) is 5.95. The number of methoxy groups -OCH3 is 1. The lowest BCUT2D eigenvalue weighted by Gasteiger charge is -2.17. The molecule has 0 fully saturated rings. The van der Waals surface area contributed by atoms with Crippen LogP contribution in [0.2, 0.25) is 0 Å². The Morgan fingerprint density at radius 1 is 1.24 bits per heavy atom. The van der Waals surface area contributed by atoms with E-state index in [4.69, 9.17) is 9.47 Å². The van der Waals surface area contributed by atoms with E-state index in [1.807, 2.05) is 18.2 Å². The van der Waals surface area contributed by atoms with Gasteiger partial charge in [-0.1, -0.05) is 19.1 Å². The molecule has 0 saturated carbocycles. The molecule has 0 aliphatic rings. The Hall–Kier alpha value is -1.88. The largest absolute Gasteiger partial charge is 0.465 e. The summed E-state index contributed by atoms with van der Waals surface area (Å²) in [6, 6.07) is 7.39. The maximum atomic E-state index is 12.2. The summed E-state index contributed by atoms with van der Waals surface area (Å²) in [6.07, 6.45) is 0.984. The summed E-state index contributed by atoms with van der Waals surface area (Å²) in [4.78, 5) is 24.9. The third-order valence-corrected chi connectivity index (χ3v) is 3.09. The van der Waals surface area contributed by atoms with Gasteiger partial charge in [0, 0.05) is 39.1 Å². The van der Waals surface area contributed by atoms with Crippen LogP contribution < -0.4 is 0 Å². The molecule has 5 heteroatoms. The van der Waals surface area contributed by atoms with E-state index in [1.165, 1.54) is 0 Å². The SMILES string of the molecule is CCC(=O)OCCc1cccc(C(=O)N(C)CCOC)c1. The van der Waals surface area contributed by atoms with Crippen molar-refractivity contribution in [3.8, 4) is 0 Å². The van der Waals surface area contributed by atoms with Crippen LogP contribution in [0.4, 0.5) is 0 Å². The highest BCUT2D eigenvalue weighted by atomic mass is 16.5. The molecule has 1 rings (SSSR count). The van der Waals surface area contributed by atoms with Crippen LogP contribution in [0.25, 0.3) is 0 Å². The first-order valence-electron chi connectivity index (χ1n) is 7.07. The van der Waals surface area contributed by atoms with Gasteiger partial charge in [-0.05, 0) is 17.7 Å². The highest BCUT2D eigenvalue weighted by Gasteiger charge is 2.11. The lowest BCUT2D eigenvalue weighted by Crippen LogP contribution is -2.30. The Balaban J connectivity index is 2.58. The number of benzene rings is 1. The second-order valence-electron chi connectivity index (χ2n) is 4.74. The maximum Gasteiger partial charge on any atom is 0.305 e. The lowest BCUT2D eigenvalue weighted by molar-refractivity contribution is -0.143. The van der Waals surface area contributed by atoms with Crippen molar-refractivity contribution in [2.45, 2.75) is 19.8 Å². The standard InChI is InChI=1S/C16H23NO4/c1-4-15(18)21-10-8-13-6-5-7-14(12-13)16(19)17(2)9-11-20-3/h5-7,12H,4,8-11H2,1-3H3. The molecule has 0 bridgehead atoms. The van der Waals surface area contributed by atoms with E-state index in [0.717, 1.165) is 5.56 Å². The molecule has 0 spiro atoms. The first-order chi connectivity index (χ1) is 10.1.